The third-order valence-corrected chi connectivity index (χ3v) is 2.45. The van der Waals surface area contributed by atoms with Gasteiger partial charge in [-0.25, -0.2) is 9.67 Å². The molecule has 2 rings (SSSR count). The van der Waals surface area contributed by atoms with Crippen molar-refractivity contribution in [3.05, 3.63) is 40.2 Å². The van der Waals surface area contributed by atoms with E-state index in [2.05, 4.69) is 10.1 Å². The fourth-order valence-electron chi connectivity index (χ4n) is 1.67. The van der Waals surface area contributed by atoms with Gasteiger partial charge in [0.25, 0.3) is 5.56 Å². The second-order valence-corrected chi connectivity index (χ2v) is 3.68. The minimum Gasteiger partial charge on any atom is -0.311 e. The fourth-order valence-corrected chi connectivity index (χ4v) is 1.67. The average Bonchev–Trinajstić information content (AvgIpc) is 2.58. The summed E-state index contributed by atoms with van der Waals surface area (Å²) >= 11 is 0. The lowest BCUT2D eigenvalue weighted by Gasteiger charge is -2.05. The van der Waals surface area contributed by atoms with Crippen molar-refractivity contribution in [1.29, 1.82) is 0 Å². The van der Waals surface area contributed by atoms with E-state index in [1.165, 1.54) is 0 Å². The number of aryl methyl sites for hydroxylation is 3. The third-order valence-electron chi connectivity index (χ3n) is 2.45. The second kappa shape index (κ2) is 3.92. The quantitative estimate of drug-likeness (QED) is 0.757. The minimum atomic E-state index is -0.115. The van der Waals surface area contributed by atoms with Gasteiger partial charge in [-0.3, -0.25) is 4.79 Å². The summed E-state index contributed by atoms with van der Waals surface area (Å²) < 4.78 is 3.20. The first-order valence-corrected chi connectivity index (χ1v) is 5.22. The molecule has 0 fully saturated rings. The van der Waals surface area contributed by atoms with Crippen LogP contribution in [-0.2, 0) is 6.54 Å². The molecule has 2 aromatic heterocycles. The highest BCUT2D eigenvalue weighted by atomic mass is 16.1. The molecule has 0 bridgehead atoms. The Morgan fingerprint density at radius 1 is 1.38 bits per heavy atom. The molecule has 0 aromatic carbocycles. The Bertz CT molecular complexity index is 568. The van der Waals surface area contributed by atoms with Crippen LogP contribution in [0, 0.1) is 13.8 Å². The summed E-state index contributed by atoms with van der Waals surface area (Å²) in [6.07, 6.45) is 3.30. The molecule has 84 valence electrons. The van der Waals surface area contributed by atoms with Gasteiger partial charge in [-0.1, -0.05) is 0 Å². The van der Waals surface area contributed by atoms with E-state index < -0.39 is 0 Å². The molecule has 0 aliphatic carbocycles. The predicted octanol–water partition coefficient (Wildman–Crippen LogP) is 1.07. The Labute approximate surface area is 93.4 Å². The number of nitrogens with zero attached hydrogens (tertiary/aromatic N) is 4. The van der Waals surface area contributed by atoms with Gasteiger partial charge in [0, 0.05) is 24.6 Å². The van der Waals surface area contributed by atoms with Crippen LogP contribution in [0.5, 0.6) is 0 Å². The monoisotopic (exact) mass is 218 g/mol. The van der Waals surface area contributed by atoms with Crippen molar-refractivity contribution in [3.8, 4) is 5.82 Å². The summed E-state index contributed by atoms with van der Waals surface area (Å²) in [7, 11) is 0. The molecule has 0 saturated heterocycles. The lowest BCUT2D eigenvalue weighted by Crippen LogP contribution is -2.25. The van der Waals surface area contributed by atoms with Crippen LogP contribution in [0.3, 0.4) is 0 Å². The summed E-state index contributed by atoms with van der Waals surface area (Å²) in [5.74, 6) is 0.356. The molecule has 0 aliphatic heterocycles. The molecule has 5 heteroatoms. The lowest BCUT2D eigenvalue weighted by atomic mass is 10.4. The van der Waals surface area contributed by atoms with Crippen molar-refractivity contribution in [2.75, 3.05) is 0 Å². The molecule has 16 heavy (non-hydrogen) atoms. The first-order valence-electron chi connectivity index (χ1n) is 5.22. The third kappa shape index (κ3) is 1.64. The zero-order valence-electron chi connectivity index (χ0n) is 9.64. The highest BCUT2D eigenvalue weighted by molar-refractivity contribution is 5.22. The van der Waals surface area contributed by atoms with Gasteiger partial charge in [-0.05, 0) is 26.8 Å². The number of hydrogen-bond donors (Lipinski definition) is 0. The SMILES string of the molecule is CCn1ccnc(-n2nc(C)cc2C)c1=O. The minimum absolute atomic E-state index is 0.115. The summed E-state index contributed by atoms with van der Waals surface area (Å²) in [6, 6.07) is 1.92. The van der Waals surface area contributed by atoms with Gasteiger partial charge >= 0.3 is 0 Å². The maximum atomic E-state index is 12.0. The normalized spacial score (nSPS) is 10.7. The van der Waals surface area contributed by atoms with Crippen LogP contribution in [0.4, 0.5) is 0 Å². The first kappa shape index (κ1) is 10.6. The Balaban J connectivity index is 2.65. The van der Waals surface area contributed by atoms with Crippen LogP contribution in [0.1, 0.15) is 18.3 Å². The summed E-state index contributed by atoms with van der Waals surface area (Å²) in [4.78, 5) is 16.1. The van der Waals surface area contributed by atoms with Crippen molar-refractivity contribution in [1.82, 2.24) is 19.3 Å². The maximum absolute atomic E-state index is 12.0. The Morgan fingerprint density at radius 2 is 2.12 bits per heavy atom. The molecular weight excluding hydrogens is 204 g/mol. The topological polar surface area (TPSA) is 52.7 Å². The molecule has 0 N–H and O–H groups in total. The molecule has 0 amide bonds. The Hall–Kier alpha value is -1.91. The number of aromatic nitrogens is 4. The highest BCUT2D eigenvalue weighted by Crippen LogP contribution is 2.05. The molecule has 0 aliphatic rings. The molecule has 0 atom stereocenters. The molecule has 2 heterocycles. The van der Waals surface area contributed by atoms with E-state index in [0.717, 1.165) is 11.4 Å². The van der Waals surface area contributed by atoms with E-state index in [1.807, 2.05) is 26.8 Å². The lowest BCUT2D eigenvalue weighted by molar-refractivity contribution is 0.687. The molecule has 2 aromatic rings. The standard InChI is InChI=1S/C11H14N4O/c1-4-14-6-5-12-10(11(14)16)15-9(3)7-8(2)13-15/h5-7H,4H2,1-3H3. The summed E-state index contributed by atoms with van der Waals surface area (Å²) in [6.45, 7) is 6.36. The Morgan fingerprint density at radius 3 is 2.69 bits per heavy atom. The summed E-state index contributed by atoms with van der Waals surface area (Å²) in [5, 5.41) is 4.26. The van der Waals surface area contributed by atoms with E-state index in [9.17, 15) is 4.79 Å². The predicted molar refractivity (Wildman–Crippen MR) is 60.8 cm³/mol. The molecular formula is C11H14N4O. The smallest absolute Gasteiger partial charge is 0.295 e. The van der Waals surface area contributed by atoms with Crippen LogP contribution in [0.25, 0.3) is 5.82 Å². The van der Waals surface area contributed by atoms with Crippen LogP contribution in [-0.4, -0.2) is 19.3 Å². The second-order valence-electron chi connectivity index (χ2n) is 3.68. The largest absolute Gasteiger partial charge is 0.311 e. The van der Waals surface area contributed by atoms with Crippen LogP contribution in [0.2, 0.25) is 0 Å². The van der Waals surface area contributed by atoms with E-state index >= 15 is 0 Å². The van der Waals surface area contributed by atoms with E-state index in [4.69, 9.17) is 0 Å². The van der Waals surface area contributed by atoms with Crippen molar-refractivity contribution < 1.29 is 0 Å². The molecule has 0 unspecified atom stereocenters. The number of rotatable bonds is 2. The molecule has 0 saturated carbocycles. The molecule has 0 radical (unpaired) electrons. The fraction of sp³-hybridized carbons (Fsp3) is 0.364. The number of hydrogen-bond acceptors (Lipinski definition) is 3. The van der Waals surface area contributed by atoms with Crippen molar-refractivity contribution in [3.63, 3.8) is 0 Å². The van der Waals surface area contributed by atoms with Crippen LogP contribution >= 0.6 is 0 Å². The maximum Gasteiger partial charge on any atom is 0.295 e. The highest BCUT2D eigenvalue weighted by Gasteiger charge is 2.10. The van der Waals surface area contributed by atoms with Gasteiger partial charge in [-0.15, -0.1) is 0 Å². The molecule has 0 spiro atoms. The van der Waals surface area contributed by atoms with Gasteiger partial charge in [0.2, 0.25) is 5.82 Å². The summed E-state index contributed by atoms with van der Waals surface area (Å²) in [5.41, 5.74) is 1.68. The van der Waals surface area contributed by atoms with E-state index in [0.29, 0.717) is 12.4 Å². The van der Waals surface area contributed by atoms with Crippen LogP contribution < -0.4 is 5.56 Å². The van der Waals surface area contributed by atoms with Gasteiger partial charge in [0.15, 0.2) is 0 Å². The van der Waals surface area contributed by atoms with Gasteiger partial charge in [0.1, 0.15) is 0 Å². The van der Waals surface area contributed by atoms with Crippen LogP contribution in [0.15, 0.2) is 23.3 Å². The zero-order chi connectivity index (χ0) is 11.7. The van der Waals surface area contributed by atoms with Crippen molar-refractivity contribution in [2.45, 2.75) is 27.3 Å². The van der Waals surface area contributed by atoms with Gasteiger partial charge in [-0.2, -0.15) is 5.10 Å². The average molecular weight is 218 g/mol. The Kier molecular flexibility index (Phi) is 2.60. The van der Waals surface area contributed by atoms with E-state index in [-0.39, 0.29) is 5.56 Å². The van der Waals surface area contributed by atoms with E-state index in [1.54, 1.807) is 21.6 Å². The zero-order valence-corrected chi connectivity index (χ0v) is 9.64. The van der Waals surface area contributed by atoms with Gasteiger partial charge < -0.3 is 4.57 Å². The molecule has 5 nitrogen and oxygen atoms in total. The van der Waals surface area contributed by atoms with Crippen molar-refractivity contribution >= 4 is 0 Å². The van der Waals surface area contributed by atoms with Gasteiger partial charge in [0.05, 0.1) is 5.69 Å². The first-order chi connectivity index (χ1) is 7.63. The van der Waals surface area contributed by atoms with Crippen molar-refractivity contribution in [2.24, 2.45) is 0 Å².